The maximum Gasteiger partial charge on any atom is 0.223 e. The normalized spacial score (nSPS) is 12.4. The SMILES string of the molecule is C=N/C=C\C(=N/C)c1c(-c2cccc(C#N)c2)nc(N)n2nc(C(Oc3ccccn3)c3ccccc3)nc12. The van der Waals surface area contributed by atoms with Crippen molar-refractivity contribution in [3.63, 3.8) is 0 Å². The van der Waals surface area contributed by atoms with Crippen LogP contribution < -0.4 is 10.5 Å². The Bertz CT molecular complexity index is 1740. The lowest BCUT2D eigenvalue weighted by atomic mass is 10.0. The third kappa shape index (κ3) is 5.10. The summed E-state index contributed by atoms with van der Waals surface area (Å²) in [6.45, 7) is 3.52. The van der Waals surface area contributed by atoms with Crippen molar-refractivity contribution < 1.29 is 4.74 Å². The van der Waals surface area contributed by atoms with Gasteiger partial charge in [0.25, 0.3) is 0 Å². The average molecular weight is 514 g/mol. The molecular formula is C29H23N9O. The smallest absolute Gasteiger partial charge is 0.223 e. The van der Waals surface area contributed by atoms with Crippen LogP contribution in [0.5, 0.6) is 5.88 Å². The van der Waals surface area contributed by atoms with Crippen LogP contribution in [-0.2, 0) is 0 Å². The number of nitriles is 1. The van der Waals surface area contributed by atoms with E-state index >= 15 is 0 Å². The van der Waals surface area contributed by atoms with E-state index in [0.29, 0.717) is 45.4 Å². The number of pyridine rings is 1. The Kier molecular flexibility index (Phi) is 7.14. The molecule has 0 saturated heterocycles. The van der Waals surface area contributed by atoms with Crippen molar-refractivity contribution in [2.24, 2.45) is 9.98 Å². The van der Waals surface area contributed by atoms with Gasteiger partial charge in [0.05, 0.1) is 28.6 Å². The monoisotopic (exact) mass is 513 g/mol. The van der Waals surface area contributed by atoms with Crippen molar-refractivity contribution in [3.8, 4) is 23.2 Å². The molecular weight excluding hydrogens is 490 g/mol. The first-order chi connectivity index (χ1) is 19.1. The number of aliphatic imine (C=N–C) groups is 2. The number of rotatable bonds is 8. The van der Waals surface area contributed by atoms with Gasteiger partial charge in [-0.1, -0.05) is 48.5 Å². The first-order valence-electron chi connectivity index (χ1n) is 11.9. The van der Waals surface area contributed by atoms with E-state index < -0.39 is 6.10 Å². The van der Waals surface area contributed by atoms with Crippen LogP contribution in [-0.4, -0.2) is 44.0 Å². The molecule has 2 N–H and O–H groups in total. The summed E-state index contributed by atoms with van der Waals surface area (Å²) in [7, 11) is 1.65. The van der Waals surface area contributed by atoms with E-state index in [1.54, 1.807) is 43.6 Å². The molecule has 2 aromatic carbocycles. The highest BCUT2D eigenvalue weighted by Crippen LogP contribution is 2.31. The number of nitrogens with zero attached hydrogens (tertiary/aromatic N) is 8. The van der Waals surface area contributed by atoms with E-state index in [-0.39, 0.29) is 5.95 Å². The second kappa shape index (κ2) is 11.1. The van der Waals surface area contributed by atoms with Gasteiger partial charge in [-0.15, -0.1) is 5.10 Å². The zero-order valence-corrected chi connectivity index (χ0v) is 21.0. The maximum atomic E-state index is 9.48. The summed E-state index contributed by atoms with van der Waals surface area (Å²) in [6, 6.07) is 24.3. The lowest BCUT2D eigenvalue weighted by Crippen LogP contribution is -2.12. The minimum absolute atomic E-state index is 0.107. The van der Waals surface area contributed by atoms with Crippen LogP contribution in [0.25, 0.3) is 16.9 Å². The number of hydrogen-bond acceptors (Lipinski definition) is 9. The number of ether oxygens (including phenoxy) is 1. The van der Waals surface area contributed by atoms with E-state index in [1.807, 2.05) is 48.5 Å². The van der Waals surface area contributed by atoms with Gasteiger partial charge in [-0.2, -0.15) is 9.78 Å². The van der Waals surface area contributed by atoms with Gasteiger partial charge in [-0.25, -0.2) is 15.0 Å². The van der Waals surface area contributed by atoms with Gasteiger partial charge >= 0.3 is 0 Å². The third-order valence-electron chi connectivity index (χ3n) is 5.84. The van der Waals surface area contributed by atoms with Crippen LogP contribution in [0.15, 0.2) is 101 Å². The Hall–Kier alpha value is -5.69. The summed E-state index contributed by atoms with van der Waals surface area (Å²) in [5.74, 6) is 0.878. The van der Waals surface area contributed by atoms with Crippen molar-refractivity contribution in [3.05, 3.63) is 114 Å². The molecule has 0 aliphatic carbocycles. The first kappa shape index (κ1) is 25.0. The van der Waals surface area contributed by atoms with Gasteiger partial charge in [0.2, 0.25) is 11.8 Å². The van der Waals surface area contributed by atoms with Crippen LogP contribution in [0.4, 0.5) is 5.95 Å². The van der Waals surface area contributed by atoms with Crippen LogP contribution >= 0.6 is 0 Å². The Morgan fingerprint density at radius 1 is 1.10 bits per heavy atom. The predicted octanol–water partition coefficient (Wildman–Crippen LogP) is 4.44. The summed E-state index contributed by atoms with van der Waals surface area (Å²) in [5.41, 5.74) is 10.4. The number of anilines is 1. The molecule has 5 rings (SSSR count). The van der Waals surface area contributed by atoms with E-state index in [1.165, 1.54) is 10.7 Å². The van der Waals surface area contributed by atoms with Crippen molar-refractivity contribution in [1.82, 2.24) is 24.6 Å². The number of allylic oxidation sites excluding steroid dienone is 1. The molecule has 0 spiro atoms. The van der Waals surface area contributed by atoms with Crippen molar-refractivity contribution >= 4 is 24.0 Å². The van der Waals surface area contributed by atoms with Gasteiger partial charge in [-0.3, -0.25) is 9.98 Å². The Morgan fingerprint density at radius 2 is 1.92 bits per heavy atom. The van der Waals surface area contributed by atoms with Gasteiger partial charge in [0.1, 0.15) is 0 Å². The number of aromatic nitrogens is 5. The summed E-state index contributed by atoms with van der Waals surface area (Å²) < 4.78 is 7.74. The molecule has 39 heavy (non-hydrogen) atoms. The molecule has 3 heterocycles. The molecule has 1 unspecified atom stereocenters. The van der Waals surface area contributed by atoms with Crippen LogP contribution in [0.3, 0.4) is 0 Å². The van der Waals surface area contributed by atoms with Crippen LogP contribution in [0, 0.1) is 11.3 Å². The van der Waals surface area contributed by atoms with Crippen LogP contribution in [0.1, 0.15) is 28.6 Å². The molecule has 0 aliphatic rings. The average Bonchev–Trinajstić information content (AvgIpc) is 3.44. The fraction of sp³-hybridized carbons (Fsp3) is 0.0690. The number of nitrogen functional groups attached to an aromatic ring is 1. The second-order valence-corrected chi connectivity index (χ2v) is 8.28. The summed E-state index contributed by atoms with van der Waals surface area (Å²) in [6.07, 6.45) is 4.19. The van der Waals surface area contributed by atoms with Crippen molar-refractivity contribution in [2.45, 2.75) is 6.10 Å². The summed E-state index contributed by atoms with van der Waals surface area (Å²) in [5, 5.41) is 14.2. The maximum absolute atomic E-state index is 9.48. The zero-order valence-electron chi connectivity index (χ0n) is 21.0. The fourth-order valence-corrected chi connectivity index (χ4v) is 4.09. The predicted molar refractivity (Wildman–Crippen MR) is 150 cm³/mol. The van der Waals surface area contributed by atoms with Crippen molar-refractivity contribution in [2.75, 3.05) is 12.8 Å². The molecule has 0 fully saturated rings. The fourth-order valence-electron chi connectivity index (χ4n) is 4.09. The molecule has 3 aromatic heterocycles. The molecule has 0 bridgehead atoms. The standard InChI is InChI=1S/C29H23N9O/c1-32-16-14-22(33-2)24-25(21-12-8-9-19(17-21)18-30)35-29(31)38-28(24)36-27(37-38)26(20-10-4-3-5-11-20)39-23-13-6-7-15-34-23/h3-17,26H,1H2,2H3,(H2,31,35)/b16-14-,33-22+. The first-order valence-corrected chi connectivity index (χ1v) is 11.9. The summed E-state index contributed by atoms with van der Waals surface area (Å²) >= 11 is 0. The lowest BCUT2D eigenvalue weighted by Gasteiger charge is -2.15. The molecule has 190 valence electrons. The Morgan fingerprint density at radius 3 is 2.64 bits per heavy atom. The van der Waals surface area contributed by atoms with E-state index in [0.717, 1.165) is 5.56 Å². The number of hydrogen-bond donors (Lipinski definition) is 1. The number of fused-ring (bicyclic) bond motifs is 1. The number of benzene rings is 2. The molecule has 10 nitrogen and oxygen atoms in total. The molecule has 0 radical (unpaired) electrons. The summed E-state index contributed by atoms with van der Waals surface area (Å²) in [4.78, 5) is 22.2. The molecule has 0 saturated carbocycles. The highest BCUT2D eigenvalue weighted by molar-refractivity contribution is 6.16. The Balaban J connectivity index is 1.77. The van der Waals surface area contributed by atoms with E-state index in [9.17, 15) is 5.26 Å². The highest BCUT2D eigenvalue weighted by Gasteiger charge is 2.26. The molecule has 0 aliphatic heterocycles. The zero-order chi connectivity index (χ0) is 27.2. The quantitative estimate of drug-likeness (QED) is 0.302. The van der Waals surface area contributed by atoms with Gasteiger partial charge in [0, 0.05) is 36.6 Å². The van der Waals surface area contributed by atoms with Gasteiger partial charge < -0.3 is 10.5 Å². The molecule has 10 heteroatoms. The van der Waals surface area contributed by atoms with Crippen LogP contribution in [0.2, 0.25) is 0 Å². The van der Waals surface area contributed by atoms with E-state index in [2.05, 4.69) is 32.7 Å². The molecule has 1 atom stereocenters. The van der Waals surface area contributed by atoms with Gasteiger partial charge in [-0.05, 0) is 31.0 Å². The number of nitrogens with two attached hydrogens (primary N) is 1. The lowest BCUT2D eigenvalue weighted by molar-refractivity contribution is 0.227. The molecule has 0 amide bonds. The minimum atomic E-state index is -0.689. The largest absolute Gasteiger partial charge is 0.461 e. The van der Waals surface area contributed by atoms with Crippen molar-refractivity contribution in [1.29, 1.82) is 5.26 Å². The molecule has 5 aromatic rings. The van der Waals surface area contributed by atoms with Gasteiger partial charge in [0.15, 0.2) is 17.6 Å². The highest BCUT2D eigenvalue weighted by atomic mass is 16.5. The second-order valence-electron chi connectivity index (χ2n) is 8.28. The topological polar surface area (TPSA) is 140 Å². The van der Waals surface area contributed by atoms with E-state index in [4.69, 9.17) is 20.6 Å². The Labute approximate surface area is 224 Å². The third-order valence-corrected chi connectivity index (χ3v) is 5.84. The minimum Gasteiger partial charge on any atom is -0.461 e.